The summed E-state index contributed by atoms with van der Waals surface area (Å²) < 4.78 is 61.7. The predicted octanol–water partition coefficient (Wildman–Crippen LogP) is 32.5. The van der Waals surface area contributed by atoms with Crippen LogP contribution in [0.2, 0.25) is 0 Å². The molecule has 0 bridgehead atoms. The van der Waals surface area contributed by atoms with Crippen molar-refractivity contribution in [2.45, 2.75) is 424 Å². The SMILES string of the molecule is CC/C=C\C/C=C\C/C=C\C/C=C\C/C=C\C/C=C\CCCCCCCCCCCCCCCCCCC(=O)OCC(O)COP(=O)(O)OCC(O)COP(=O)(O)OCC(COC(=O)CCCCCCCCCCCCCC/C=C\C/C=C\C/C=C\C/C=C\C/C=C\C/C=C\CC)OC(=O)CCCCCCCCCC/C=C\C/C=C\C/C=C\C/C=C\C/C=C\C/C=C\CC. The minimum absolute atomic E-state index is 0.0872. The Kier molecular flexibility index (Phi) is 96.1. The molecule has 0 amide bonds. The van der Waals surface area contributed by atoms with Gasteiger partial charge < -0.3 is 34.2 Å². The summed E-state index contributed by atoms with van der Waals surface area (Å²) in [5.41, 5.74) is 0. The molecule has 0 aromatic carbocycles. The van der Waals surface area contributed by atoms with Gasteiger partial charge in [0.05, 0.1) is 26.4 Å². The van der Waals surface area contributed by atoms with E-state index < -0.39 is 91.5 Å². The molecule has 0 fully saturated rings. The van der Waals surface area contributed by atoms with Crippen molar-refractivity contribution in [1.29, 1.82) is 0 Å². The maximum Gasteiger partial charge on any atom is 0.472 e. The van der Waals surface area contributed by atoms with Gasteiger partial charge in [-0.3, -0.25) is 32.5 Å². The number of aliphatic hydroxyl groups excluding tert-OH is 2. The second-order valence-corrected chi connectivity index (χ2v) is 36.4. The number of phosphoric ester groups is 2. The molecule has 5 unspecified atom stereocenters. The van der Waals surface area contributed by atoms with Gasteiger partial charge in [-0.15, -0.1) is 0 Å². The van der Waals surface area contributed by atoms with E-state index in [1.54, 1.807) is 0 Å². The van der Waals surface area contributed by atoms with Gasteiger partial charge in [-0.25, -0.2) is 9.13 Å². The molecule has 16 nitrogen and oxygen atoms in total. The van der Waals surface area contributed by atoms with Crippen molar-refractivity contribution < 1.29 is 75.8 Å². The molecule has 0 aliphatic heterocycles. The van der Waals surface area contributed by atoms with Gasteiger partial charge in [0, 0.05) is 19.3 Å². The third-order valence-electron chi connectivity index (χ3n) is 21.2. The van der Waals surface area contributed by atoms with Crippen LogP contribution in [0.4, 0.5) is 0 Å². The lowest BCUT2D eigenvalue weighted by Gasteiger charge is -2.21. The normalized spacial score (nSPS) is 14.6. The van der Waals surface area contributed by atoms with Gasteiger partial charge in [-0.2, -0.15) is 0 Å². The zero-order valence-corrected chi connectivity index (χ0v) is 83.1. The van der Waals surface area contributed by atoms with E-state index in [0.717, 1.165) is 218 Å². The summed E-state index contributed by atoms with van der Waals surface area (Å²) in [6.45, 7) is 2.37. The van der Waals surface area contributed by atoms with E-state index in [9.17, 15) is 43.5 Å². The minimum Gasteiger partial charge on any atom is -0.463 e. The summed E-state index contributed by atoms with van der Waals surface area (Å²) in [5.74, 6) is -1.58. The Labute approximate surface area is 787 Å². The molecule has 0 rings (SSSR count). The topological polar surface area (TPSA) is 231 Å². The molecular formula is C111H184O16P2. The van der Waals surface area contributed by atoms with Crippen molar-refractivity contribution in [3.63, 3.8) is 0 Å². The van der Waals surface area contributed by atoms with Gasteiger partial charge in [0.15, 0.2) is 6.10 Å². The van der Waals surface area contributed by atoms with Crippen LogP contribution in [0.5, 0.6) is 0 Å². The predicted molar refractivity (Wildman–Crippen MR) is 546 cm³/mol. The summed E-state index contributed by atoms with van der Waals surface area (Å²) in [5, 5.41) is 20.8. The minimum atomic E-state index is -4.96. The van der Waals surface area contributed by atoms with Gasteiger partial charge in [-0.05, 0) is 173 Å². The molecule has 734 valence electrons. The fourth-order valence-electron chi connectivity index (χ4n) is 13.6. The van der Waals surface area contributed by atoms with Crippen LogP contribution in [0.3, 0.4) is 0 Å². The fraction of sp³-hybridized carbons (Fsp3) is 0.649. The van der Waals surface area contributed by atoms with Crippen LogP contribution < -0.4 is 0 Å². The molecule has 0 saturated heterocycles. The molecule has 0 radical (unpaired) electrons. The Hall–Kier alpha value is -6.13. The first-order valence-corrected chi connectivity index (χ1v) is 54.0. The van der Waals surface area contributed by atoms with E-state index in [1.165, 1.54) is 128 Å². The van der Waals surface area contributed by atoms with Crippen molar-refractivity contribution in [3.8, 4) is 0 Å². The zero-order chi connectivity index (χ0) is 93.5. The molecule has 4 N–H and O–H groups in total. The van der Waals surface area contributed by atoms with Crippen LogP contribution >= 0.6 is 15.6 Å². The van der Waals surface area contributed by atoms with Gasteiger partial charge in [0.1, 0.15) is 25.4 Å². The number of phosphoric acid groups is 2. The summed E-state index contributed by atoms with van der Waals surface area (Å²) in [7, 11) is -9.83. The number of hydrogen-bond donors (Lipinski definition) is 4. The molecule has 0 saturated carbocycles. The average Bonchev–Trinajstić information content (AvgIpc) is 0.899. The Balaban J connectivity index is 4.63. The Bertz CT molecular complexity index is 3230. The van der Waals surface area contributed by atoms with E-state index in [-0.39, 0.29) is 19.3 Å². The number of carbonyl (C=O) groups is 3. The van der Waals surface area contributed by atoms with Gasteiger partial charge in [-0.1, -0.05) is 432 Å². The van der Waals surface area contributed by atoms with Crippen molar-refractivity contribution in [2.24, 2.45) is 0 Å². The number of ether oxygens (including phenoxy) is 3. The smallest absolute Gasteiger partial charge is 0.463 e. The number of aliphatic hydroxyl groups is 2. The van der Waals surface area contributed by atoms with E-state index in [4.69, 9.17) is 32.3 Å². The molecule has 0 spiro atoms. The highest BCUT2D eigenvalue weighted by molar-refractivity contribution is 7.47. The Morgan fingerprint density at radius 3 is 0.612 bits per heavy atom. The van der Waals surface area contributed by atoms with Crippen LogP contribution in [0.1, 0.15) is 406 Å². The standard InChI is InChI=1S/C111H184O16P2/c1-4-7-10-13-16-19-22-25-28-31-34-37-40-43-46-48-50-51-52-53-55-57-59-61-64-67-70-73-76-79-82-85-88-91-94-97-109(114)121-100-106(112)101-123-128(117,118)124-102-107(113)103-125-129(119,120)126-105-108(127-111(116)99-96-93-90-87-84-81-78-75-72-69-66-63-58-45-42-39-36-33-30-27-24-21-18-15-12-9-6-3)104-122-110(115)98-95-92-89-86-83-80-77-74-71-68-65-62-60-56-54-49-47-44-41-38-35-32-29-26-23-20-17-14-11-8-5-2/h7-12,16-21,25-30,34-39,43-47,50-51,54,56,58,66,69,106-108,112-113H,4-6,13-15,22-24,31-33,40-42,48-49,52-53,55,57,59-65,67-68,70-105H2,1-3H3,(H,117,118)(H,119,120)/b10-7-,11-8-,12-9-,19-16-,20-17-,21-18-,28-25-,29-26-,30-27-,37-34-,38-35-,39-36-,46-43-,47-44-,51-50-,56-54-,58-45-,69-66-. The van der Waals surface area contributed by atoms with Gasteiger partial charge in [0.2, 0.25) is 0 Å². The first-order chi connectivity index (χ1) is 63.2. The summed E-state index contributed by atoms with van der Waals surface area (Å²) in [4.78, 5) is 59.2. The second-order valence-electron chi connectivity index (χ2n) is 33.5. The maximum absolute atomic E-state index is 13.1. The molecule has 0 aliphatic rings. The molecule has 0 aromatic heterocycles. The van der Waals surface area contributed by atoms with E-state index in [2.05, 4.69) is 240 Å². The number of rotatable bonds is 95. The third-order valence-corrected chi connectivity index (χ3v) is 23.1. The summed E-state index contributed by atoms with van der Waals surface area (Å²) in [6.07, 6.45) is 138. The lowest BCUT2D eigenvalue weighted by Crippen LogP contribution is -2.30. The maximum atomic E-state index is 13.1. The lowest BCUT2D eigenvalue weighted by atomic mass is 10.0. The third kappa shape index (κ3) is 102. The van der Waals surface area contributed by atoms with Gasteiger partial charge >= 0.3 is 33.6 Å². The summed E-state index contributed by atoms with van der Waals surface area (Å²) in [6, 6.07) is 0. The van der Waals surface area contributed by atoms with Crippen LogP contribution in [-0.2, 0) is 55.8 Å². The number of esters is 3. The Morgan fingerprint density at radius 2 is 0.388 bits per heavy atom. The Morgan fingerprint density at radius 1 is 0.217 bits per heavy atom. The number of unbranched alkanes of at least 4 members (excludes halogenated alkanes) is 36. The zero-order valence-electron chi connectivity index (χ0n) is 81.3. The molecule has 18 heteroatoms. The van der Waals surface area contributed by atoms with Crippen LogP contribution in [0.25, 0.3) is 0 Å². The van der Waals surface area contributed by atoms with Crippen molar-refractivity contribution in [2.75, 3.05) is 39.6 Å². The quantitative estimate of drug-likeness (QED) is 0.0146. The monoisotopic (exact) mass is 1840 g/mol. The summed E-state index contributed by atoms with van der Waals surface area (Å²) >= 11 is 0. The van der Waals surface area contributed by atoms with E-state index in [1.807, 2.05) is 0 Å². The molecule has 0 heterocycles. The van der Waals surface area contributed by atoms with E-state index in [0.29, 0.717) is 19.3 Å². The first-order valence-electron chi connectivity index (χ1n) is 51.0. The van der Waals surface area contributed by atoms with Crippen LogP contribution in [0.15, 0.2) is 219 Å². The largest absolute Gasteiger partial charge is 0.472 e. The van der Waals surface area contributed by atoms with Crippen molar-refractivity contribution >= 4 is 33.6 Å². The van der Waals surface area contributed by atoms with Crippen LogP contribution in [-0.4, -0.2) is 95.9 Å². The molecule has 129 heavy (non-hydrogen) atoms. The average molecular weight is 1840 g/mol. The number of allylic oxidation sites excluding steroid dienone is 36. The highest BCUT2D eigenvalue weighted by Gasteiger charge is 2.30. The molecule has 0 aliphatic carbocycles. The first kappa shape index (κ1) is 123. The number of hydrogen-bond acceptors (Lipinski definition) is 14. The van der Waals surface area contributed by atoms with Crippen molar-refractivity contribution in [3.05, 3.63) is 219 Å². The highest BCUT2D eigenvalue weighted by atomic mass is 31.2. The van der Waals surface area contributed by atoms with Gasteiger partial charge in [0.25, 0.3) is 0 Å². The van der Waals surface area contributed by atoms with Crippen LogP contribution in [0, 0.1) is 0 Å². The number of carbonyl (C=O) groups excluding carboxylic acids is 3. The van der Waals surface area contributed by atoms with E-state index >= 15 is 0 Å². The fourth-order valence-corrected chi connectivity index (χ4v) is 15.2. The lowest BCUT2D eigenvalue weighted by molar-refractivity contribution is -0.161. The van der Waals surface area contributed by atoms with Crippen molar-refractivity contribution in [1.82, 2.24) is 0 Å². The molecule has 0 aromatic rings. The highest BCUT2D eigenvalue weighted by Crippen LogP contribution is 2.45. The second kappa shape index (κ2) is 101. The molecule has 5 atom stereocenters. The molecular weight excluding hydrogens is 1650 g/mol.